The molecule has 1 aromatic carbocycles. The maximum absolute atomic E-state index is 12.1. The summed E-state index contributed by atoms with van der Waals surface area (Å²) in [4.78, 5) is 16.4. The highest BCUT2D eigenvalue weighted by Gasteiger charge is 2.15. The third-order valence-corrected chi connectivity index (χ3v) is 5.09. The Bertz CT molecular complexity index is 948. The molecule has 148 valence electrons. The number of carbonyl (C=O) groups is 1. The van der Waals surface area contributed by atoms with Gasteiger partial charge in [0.15, 0.2) is 10.9 Å². The molecular weight excluding hydrogens is 374 g/mol. The minimum atomic E-state index is -0.209. The zero-order valence-electron chi connectivity index (χ0n) is 16.6. The van der Waals surface area contributed by atoms with Crippen LogP contribution in [0.2, 0.25) is 0 Å². The number of rotatable bonds is 8. The van der Waals surface area contributed by atoms with E-state index in [2.05, 4.69) is 53.4 Å². The molecule has 0 unspecified atom stereocenters. The van der Waals surface area contributed by atoms with Gasteiger partial charge in [0, 0.05) is 12.2 Å². The molecular formula is C20H25N5O2S. The van der Waals surface area contributed by atoms with E-state index in [1.165, 1.54) is 23.6 Å². The lowest BCUT2D eigenvalue weighted by molar-refractivity contribution is 0.0947. The number of amides is 1. The van der Waals surface area contributed by atoms with Crippen molar-refractivity contribution in [1.82, 2.24) is 25.1 Å². The van der Waals surface area contributed by atoms with Crippen molar-refractivity contribution in [1.29, 1.82) is 0 Å². The van der Waals surface area contributed by atoms with Crippen LogP contribution in [0.5, 0.6) is 0 Å². The summed E-state index contributed by atoms with van der Waals surface area (Å²) < 4.78 is 7.46. The fourth-order valence-corrected chi connectivity index (χ4v) is 3.52. The molecule has 0 saturated carbocycles. The summed E-state index contributed by atoms with van der Waals surface area (Å²) >= 11 is 1.47. The van der Waals surface area contributed by atoms with Crippen molar-refractivity contribution in [3.05, 3.63) is 53.5 Å². The molecule has 2 heterocycles. The van der Waals surface area contributed by atoms with Crippen LogP contribution in [0.1, 0.15) is 48.0 Å². The van der Waals surface area contributed by atoms with Gasteiger partial charge in [0.05, 0.1) is 5.75 Å². The largest absolute Gasteiger partial charge is 0.447 e. The van der Waals surface area contributed by atoms with E-state index in [1.807, 2.05) is 23.6 Å². The van der Waals surface area contributed by atoms with Crippen LogP contribution in [0, 0.1) is 19.8 Å². The van der Waals surface area contributed by atoms with E-state index in [0.717, 1.165) is 23.1 Å². The average Bonchev–Trinajstić information content (AvgIpc) is 3.26. The predicted octanol–water partition coefficient (Wildman–Crippen LogP) is 3.94. The molecule has 7 nitrogen and oxygen atoms in total. The van der Waals surface area contributed by atoms with E-state index in [0.29, 0.717) is 29.8 Å². The van der Waals surface area contributed by atoms with Crippen LogP contribution in [-0.4, -0.2) is 32.2 Å². The third kappa shape index (κ3) is 5.01. The Morgan fingerprint density at radius 2 is 2.11 bits per heavy atom. The second-order valence-electron chi connectivity index (χ2n) is 7.06. The fourth-order valence-electron chi connectivity index (χ4n) is 2.67. The molecule has 0 saturated heterocycles. The van der Waals surface area contributed by atoms with Crippen LogP contribution in [0.4, 0.5) is 0 Å². The van der Waals surface area contributed by atoms with Crippen molar-refractivity contribution in [2.75, 3.05) is 6.54 Å². The molecule has 0 radical (unpaired) electrons. The van der Waals surface area contributed by atoms with Gasteiger partial charge in [0.1, 0.15) is 12.1 Å². The lowest BCUT2D eigenvalue weighted by atomic mass is 10.1. The minimum absolute atomic E-state index is 0.209. The zero-order chi connectivity index (χ0) is 20.1. The standard InChI is InChI=1S/C20H25N5O2S/c1-13(2)8-9-21-19(26)17-11-27-18(22-17)12-28-20-24-23-15(4)25(20)16-7-5-6-14(3)10-16/h5-7,10-11,13H,8-9,12H2,1-4H3,(H,21,26). The van der Waals surface area contributed by atoms with E-state index in [1.54, 1.807) is 0 Å². The maximum atomic E-state index is 12.1. The van der Waals surface area contributed by atoms with E-state index in [4.69, 9.17) is 4.42 Å². The molecule has 2 aromatic heterocycles. The van der Waals surface area contributed by atoms with E-state index in [9.17, 15) is 4.79 Å². The molecule has 0 bridgehead atoms. The fraction of sp³-hybridized carbons (Fsp3) is 0.400. The molecule has 3 rings (SSSR count). The summed E-state index contributed by atoms with van der Waals surface area (Å²) in [5.41, 5.74) is 2.49. The van der Waals surface area contributed by atoms with Gasteiger partial charge in [0.2, 0.25) is 5.89 Å². The Morgan fingerprint density at radius 3 is 2.86 bits per heavy atom. The molecule has 0 aliphatic heterocycles. The third-order valence-electron chi connectivity index (χ3n) is 4.17. The first-order valence-electron chi connectivity index (χ1n) is 9.28. The summed E-state index contributed by atoms with van der Waals surface area (Å²) in [6.07, 6.45) is 2.33. The molecule has 1 N–H and O–H groups in total. The highest BCUT2D eigenvalue weighted by atomic mass is 32.2. The first-order chi connectivity index (χ1) is 13.4. The molecule has 0 fully saturated rings. The quantitative estimate of drug-likeness (QED) is 0.578. The van der Waals surface area contributed by atoms with Crippen molar-refractivity contribution in [3.8, 4) is 5.69 Å². The first kappa shape index (κ1) is 20.1. The number of aromatic nitrogens is 4. The number of thioether (sulfide) groups is 1. The van der Waals surface area contributed by atoms with Crippen molar-refractivity contribution in [2.24, 2.45) is 5.92 Å². The first-order valence-corrected chi connectivity index (χ1v) is 10.3. The van der Waals surface area contributed by atoms with Crippen LogP contribution in [0.25, 0.3) is 5.69 Å². The van der Waals surface area contributed by atoms with Gasteiger partial charge in [-0.15, -0.1) is 10.2 Å². The Hall–Kier alpha value is -2.61. The number of nitrogens with zero attached hydrogens (tertiary/aromatic N) is 4. The summed E-state index contributed by atoms with van der Waals surface area (Å²) in [6, 6.07) is 8.18. The molecule has 0 aliphatic rings. The summed E-state index contributed by atoms with van der Waals surface area (Å²) in [6.45, 7) is 8.84. The Labute approximate surface area is 169 Å². The number of aryl methyl sites for hydroxylation is 2. The van der Waals surface area contributed by atoms with Crippen molar-refractivity contribution in [2.45, 2.75) is 45.0 Å². The highest BCUT2D eigenvalue weighted by Crippen LogP contribution is 2.25. The summed E-state index contributed by atoms with van der Waals surface area (Å²) in [5, 5.41) is 12.1. The van der Waals surface area contributed by atoms with Gasteiger partial charge >= 0.3 is 0 Å². The smallest absolute Gasteiger partial charge is 0.273 e. The van der Waals surface area contributed by atoms with Crippen molar-refractivity contribution in [3.63, 3.8) is 0 Å². The number of hydrogen-bond donors (Lipinski definition) is 1. The van der Waals surface area contributed by atoms with Gasteiger partial charge in [-0.25, -0.2) is 4.98 Å². The minimum Gasteiger partial charge on any atom is -0.447 e. The second-order valence-corrected chi connectivity index (χ2v) is 8.00. The molecule has 28 heavy (non-hydrogen) atoms. The van der Waals surface area contributed by atoms with Crippen molar-refractivity contribution < 1.29 is 9.21 Å². The molecule has 8 heteroatoms. The van der Waals surface area contributed by atoms with Crippen LogP contribution in [0.15, 0.2) is 40.1 Å². The monoisotopic (exact) mass is 399 g/mol. The molecule has 1 amide bonds. The summed E-state index contributed by atoms with van der Waals surface area (Å²) in [5.74, 6) is 2.09. The number of hydrogen-bond acceptors (Lipinski definition) is 6. The lowest BCUT2D eigenvalue weighted by Gasteiger charge is -2.08. The van der Waals surface area contributed by atoms with E-state index < -0.39 is 0 Å². The molecule has 3 aromatic rings. The van der Waals surface area contributed by atoms with Crippen LogP contribution in [-0.2, 0) is 5.75 Å². The van der Waals surface area contributed by atoms with Crippen molar-refractivity contribution >= 4 is 17.7 Å². The maximum Gasteiger partial charge on any atom is 0.273 e. The SMILES string of the molecule is Cc1cccc(-n2c(C)nnc2SCc2nc(C(=O)NCCC(C)C)co2)c1. The Balaban J connectivity index is 1.64. The van der Waals surface area contributed by atoms with E-state index >= 15 is 0 Å². The van der Waals surface area contributed by atoms with Gasteiger partial charge in [-0.2, -0.15) is 0 Å². The average molecular weight is 400 g/mol. The van der Waals surface area contributed by atoms with Gasteiger partial charge in [-0.05, 0) is 43.9 Å². The Morgan fingerprint density at radius 1 is 1.29 bits per heavy atom. The number of nitrogens with one attached hydrogen (secondary N) is 1. The van der Waals surface area contributed by atoms with E-state index in [-0.39, 0.29) is 5.91 Å². The van der Waals surface area contributed by atoms with Gasteiger partial charge in [-0.1, -0.05) is 37.7 Å². The number of oxazole rings is 1. The normalized spacial score (nSPS) is 11.2. The zero-order valence-corrected chi connectivity index (χ0v) is 17.4. The van der Waals surface area contributed by atoms with Crippen LogP contribution in [0.3, 0.4) is 0 Å². The highest BCUT2D eigenvalue weighted by molar-refractivity contribution is 7.98. The summed E-state index contributed by atoms with van der Waals surface area (Å²) in [7, 11) is 0. The lowest BCUT2D eigenvalue weighted by Crippen LogP contribution is -2.25. The second kappa shape index (κ2) is 9.05. The van der Waals surface area contributed by atoms with Crippen LogP contribution >= 0.6 is 11.8 Å². The topological polar surface area (TPSA) is 85.8 Å². The number of carbonyl (C=O) groups excluding carboxylic acids is 1. The molecule has 0 aliphatic carbocycles. The van der Waals surface area contributed by atoms with Gasteiger partial charge < -0.3 is 9.73 Å². The molecule has 0 atom stereocenters. The van der Waals surface area contributed by atoms with Gasteiger partial charge in [0.25, 0.3) is 5.91 Å². The van der Waals surface area contributed by atoms with Crippen LogP contribution < -0.4 is 5.32 Å². The molecule has 0 spiro atoms. The Kier molecular flexibility index (Phi) is 6.51. The van der Waals surface area contributed by atoms with Gasteiger partial charge in [-0.3, -0.25) is 9.36 Å². The number of benzene rings is 1. The predicted molar refractivity (Wildman–Crippen MR) is 109 cm³/mol.